The molecule has 3 aromatic rings. The third-order valence-corrected chi connectivity index (χ3v) is 6.60. The fraction of sp³-hybridized carbons (Fsp3) is 0.269. The summed E-state index contributed by atoms with van der Waals surface area (Å²) < 4.78 is 5.53. The minimum Gasteiger partial charge on any atom is -0.477 e. The van der Waals surface area contributed by atoms with Gasteiger partial charge < -0.3 is 14.6 Å². The molecular formula is C26H28Cl2N7O3+. The van der Waals surface area contributed by atoms with Gasteiger partial charge in [-0.3, -0.25) is 25.2 Å². The van der Waals surface area contributed by atoms with E-state index >= 15 is 0 Å². The zero-order chi connectivity index (χ0) is 27.7. The van der Waals surface area contributed by atoms with Crippen LogP contribution in [-0.2, 0) is 4.79 Å². The Morgan fingerprint density at radius 2 is 1.87 bits per heavy atom. The predicted molar refractivity (Wildman–Crippen MR) is 148 cm³/mol. The van der Waals surface area contributed by atoms with Gasteiger partial charge in [0.2, 0.25) is 11.6 Å². The van der Waals surface area contributed by atoms with Crippen molar-refractivity contribution in [1.29, 1.82) is 5.41 Å². The molecule has 0 aliphatic carbocycles. The molecule has 0 spiro atoms. The number of H-pyrrole nitrogens is 1. The van der Waals surface area contributed by atoms with Gasteiger partial charge in [-0.05, 0) is 23.8 Å². The first-order valence-electron chi connectivity index (χ1n) is 11.8. The highest BCUT2D eigenvalue weighted by Crippen LogP contribution is 2.41. The van der Waals surface area contributed by atoms with E-state index in [0.717, 1.165) is 0 Å². The van der Waals surface area contributed by atoms with E-state index in [9.17, 15) is 9.59 Å². The number of aromatic amines is 1. The first-order valence-corrected chi connectivity index (χ1v) is 12.5. The van der Waals surface area contributed by atoms with E-state index in [4.69, 9.17) is 33.3 Å². The van der Waals surface area contributed by atoms with E-state index in [1.165, 1.54) is 24.3 Å². The number of pyridine rings is 1. The van der Waals surface area contributed by atoms with Crippen LogP contribution in [0.3, 0.4) is 0 Å². The molecule has 12 heteroatoms. The van der Waals surface area contributed by atoms with Gasteiger partial charge in [0.05, 0.1) is 29.9 Å². The van der Waals surface area contributed by atoms with Crippen molar-refractivity contribution in [3.05, 3.63) is 80.0 Å². The molecule has 3 heterocycles. The fourth-order valence-electron chi connectivity index (χ4n) is 4.32. The van der Waals surface area contributed by atoms with Crippen LogP contribution in [0.15, 0.2) is 58.8 Å². The number of amides is 1. The summed E-state index contributed by atoms with van der Waals surface area (Å²) in [5.41, 5.74) is 1.73. The van der Waals surface area contributed by atoms with Gasteiger partial charge >= 0.3 is 0 Å². The fourth-order valence-corrected chi connectivity index (χ4v) is 4.61. The number of anilines is 2. The lowest BCUT2D eigenvalue weighted by Gasteiger charge is -2.26. The third kappa shape index (κ3) is 5.15. The maximum atomic E-state index is 13.6. The highest BCUT2D eigenvalue weighted by molar-refractivity contribution is 6.52. The maximum Gasteiger partial charge on any atom is 0.281 e. The highest BCUT2D eigenvalue weighted by atomic mass is 35.5. The molecule has 0 unspecified atom stereocenters. The first-order chi connectivity index (χ1) is 18.0. The molecule has 4 rings (SSSR count). The van der Waals surface area contributed by atoms with Gasteiger partial charge in [-0.25, -0.2) is 4.98 Å². The monoisotopic (exact) mass is 556 g/mol. The summed E-state index contributed by atoms with van der Waals surface area (Å²) in [4.78, 5) is 41.0. The van der Waals surface area contributed by atoms with Gasteiger partial charge in [0.15, 0.2) is 0 Å². The van der Waals surface area contributed by atoms with Crippen LogP contribution in [0.1, 0.15) is 25.5 Å². The number of halogens is 2. The number of carbonyl (C=O) groups excluding carboxylic acids is 1. The molecule has 1 saturated heterocycles. The molecule has 1 atom stereocenters. The van der Waals surface area contributed by atoms with Crippen molar-refractivity contribution in [2.75, 3.05) is 31.0 Å². The van der Waals surface area contributed by atoms with E-state index in [-0.39, 0.29) is 22.3 Å². The molecule has 1 aromatic carbocycles. The van der Waals surface area contributed by atoms with E-state index < -0.39 is 17.5 Å². The zero-order valence-electron chi connectivity index (χ0n) is 21.5. The minimum absolute atomic E-state index is 0.0431. The Hall–Kier alpha value is -3.73. The number of benzene rings is 1. The minimum atomic E-state index is -0.784. The van der Waals surface area contributed by atoms with Crippen LogP contribution in [0, 0.1) is 11.3 Å². The molecule has 10 nitrogen and oxygen atoms in total. The van der Waals surface area contributed by atoms with Gasteiger partial charge in [0.1, 0.15) is 17.1 Å². The van der Waals surface area contributed by atoms with E-state index in [1.807, 2.05) is 33.3 Å². The average Bonchev–Trinajstić information content (AvgIpc) is 3.14. The first kappa shape index (κ1) is 27.3. The molecule has 0 radical (unpaired) electrons. The lowest BCUT2D eigenvalue weighted by molar-refractivity contribution is -0.526. The lowest BCUT2D eigenvalue weighted by Crippen LogP contribution is -2.77. The Labute approximate surface area is 229 Å². The topological polar surface area (TPSA) is 132 Å². The number of nitrogens with two attached hydrogens (primary N) is 1. The summed E-state index contributed by atoms with van der Waals surface area (Å²) in [6.07, 6.45) is 2.99. The summed E-state index contributed by atoms with van der Waals surface area (Å²) >= 11 is 12.3. The number of nitrogens with one attached hydrogen (secondary N) is 2. The van der Waals surface area contributed by atoms with Crippen LogP contribution in [0.5, 0.6) is 5.88 Å². The van der Waals surface area contributed by atoms with Crippen molar-refractivity contribution >= 4 is 52.1 Å². The number of aromatic nitrogens is 3. The standard InChI is InChI=1S/C26H27Cl2N7O3/c1-13(2)21(32-17-12-31-26(34(3)4)33-24(17)38-5)19-20(29)25(37)35(18-10-16(28)11-30-23(18)36)22(19)14-6-8-15(27)9-7-14/h6-13,22,29,32H,1-5H3,(H,30,36)/p+1/b21-19+,29-20?/t22-/m1/s1. The second-order valence-corrected chi connectivity index (χ2v) is 10.1. The van der Waals surface area contributed by atoms with E-state index in [0.29, 0.717) is 39.4 Å². The number of allylic oxidation sites excluding steroid dienone is 1. The molecule has 198 valence electrons. The summed E-state index contributed by atoms with van der Waals surface area (Å²) in [5.74, 6) is 0.0886. The number of quaternary nitrogens is 1. The molecule has 1 fully saturated rings. The molecule has 0 saturated carbocycles. The van der Waals surface area contributed by atoms with Crippen molar-refractivity contribution in [1.82, 2.24) is 15.0 Å². The quantitative estimate of drug-likeness (QED) is 0.408. The van der Waals surface area contributed by atoms with Crippen molar-refractivity contribution < 1.29 is 14.8 Å². The molecule has 4 N–H and O–H groups in total. The van der Waals surface area contributed by atoms with Gasteiger partial charge in [-0.15, -0.1) is 0 Å². The normalized spacial score (nSPS) is 16.8. The number of rotatable bonds is 7. The van der Waals surface area contributed by atoms with Gasteiger partial charge in [-0.2, -0.15) is 4.98 Å². The van der Waals surface area contributed by atoms with Gasteiger partial charge in [-0.1, -0.05) is 49.2 Å². The Bertz CT molecular complexity index is 1480. The van der Waals surface area contributed by atoms with Gasteiger partial charge in [0, 0.05) is 31.2 Å². The van der Waals surface area contributed by atoms with Crippen LogP contribution >= 0.6 is 23.2 Å². The number of nitrogens with zero attached hydrogens (tertiary/aromatic N) is 4. The number of hydrogen-bond acceptors (Lipinski definition) is 7. The Kier molecular flexibility index (Phi) is 7.86. The second-order valence-electron chi connectivity index (χ2n) is 9.23. The summed E-state index contributed by atoms with van der Waals surface area (Å²) in [5, 5.41) is 11.5. The zero-order valence-corrected chi connectivity index (χ0v) is 23.1. The van der Waals surface area contributed by atoms with Crippen molar-refractivity contribution in [3.8, 4) is 5.88 Å². The number of methoxy groups -OCH3 is 1. The molecule has 2 aromatic heterocycles. The van der Waals surface area contributed by atoms with Gasteiger partial charge in [0.25, 0.3) is 17.3 Å². The summed E-state index contributed by atoms with van der Waals surface area (Å²) in [7, 11) is 5.17. The van der Waals surface area contributed by atoms with Crippen LogP contribution in [-0.4, -0.2) is 47.8 Å². The van der Waals surface area contributed by atoms with Crippen molar-refractivity contribution in [3.63, 3.8) is 0 Å². The molecule has 0 bridgehead atoms. The lowest BCUT2D eigenvalue weighted by atomic mass is 9.92. The number of ether oxygens (including phenoxy) is 1. The predicted octanol–water partition coefficient (Wildman–Crippen LogP) is 3.46. The molecule has 1 amide bonds. The molecule has 1 aliphatic heterocycles. The number of carbonyl (C=O) groups is 1. The Morgan fingerprint density at radius 1 is 1.18 bits per heavy atom. The van der Waals surface area contributed by atoms with Crippen LogP contribution in [0.4, 0.5) is 17.3 Å². The Morgan fingerprint density at radius 3 is 2.47 bits per heavy atom. The van der Waals surface area contributed by atoms with E-state index in [1.54, 1.807) is 35.4 Å². The summed E-state index contributed by atoms with van der Waals surface area (Å²) in [6.45, 7) is 3.93. The van der Waals surface area contributed by atoms with Crippen molar-refractivity contribution in [2.24, 2.45) is 5.92 Å². The Balaban J connectivity index is 1.96. The van der Waals surface area contributed by atoms with Crippen LogP contribution in [0.2, 0.25) is 10.0 Å². The van der Waals surface area contributed by atoms with Crippen LogP contribution in [0.25, 0.3) is 0 Å². The maximum absolute atomic E-state index is 13.6. The molecule has 38 heavy (non-hydrogen) atoms. The largest absolute Gasteiger partial charge is 0.477 e. The molecular weight excluding hydrogens is 529 g/mol. The van der Waals surface area contributed by atoms with Crippen molar-refractivity contribution in [2.45, 2.75) is 19.9 Å². The highest BCUT2D eigenvalue weighted by Gasteiger charge is 2.46. The smallest absolute Gasteiger partial charge is 0.281 e. The second kappa shape index (κ2) is 10.9. The number of hydrogen-bond donors (Lipinski definition) is 3. The third-order valence-electron chi connectivity index (χ3n) is 6.13. The van der Waals surface area contributed by atoms with E-state index in [2.05, 4.69) is 15.0 Å². The van der Waals surface area contributed by atoms with Crippen LogP contribution < -0.4 is 25.4 Å². The summed E-state index contributed by atoms with van der Waals surface area (Å²) in [6, 6.07) is 7.60. The molecule has 1 aliphatic rings. The average molecular weight is 557 g/mol. The SMILES string of the molecule is COc1nc(N(C)C)ncc1[NH2+]/C(=C1\C(=N)C(=O)N(c2cc(Cl)c[nH]c2=O)[C@@H]1c1ccc(Cl)cc1)C(C)C.